The van der Waals surface area contributed by atoms with Crippen LogP contribution in [0.3, 0.4) is 0 Å². The minimum Gasteiger partial charge on any atom is -0.298 e. The number of hydrogen-bond acceptors (Lipinski definition) is 5. The van der Waals surface area contributed by atoms with Gasteiger partial charge in [0, 0.05) is 6.42 Å². The zero-order valence-corrected chi connectivity index (χ0v) is 14.3. The van der Waals surface area contributed by atoms with Crippen LogP contribution in [0.5, 0.6) is 0 Å². The molecule has 23 heavy (non-hydrogen) atoms. The molecule has 1 atom stereocenters. The number of nitrogens with zero attached hydrogens (tertiary/aromatic N) is 4. The standard InChI is InChI=1S/C17H22N4OS/c1-2-3-6-13-9-11-14(12-10-13)21-17(18-19-20-21)23-16-8-5-4-7-15(16)22/h9-12,16H,2-8H2,1H3. The summed E-state index contributed by atoms with van der Waals surface area (Å²) < 4.78 is 1.73. The summed E-state index contributed by atoms with van der Waals surface area (Å²) >= 11 is 1.50. The molecule has 1 saturated carbocycles. The molecule has 1 aliphatic carbocycles. The molecule has 122 valence electrons. The summed E-state index contributed by atoms with van der Waals surface area (Å²) in [5.74, 6) is 0.325. The van der Waals surface area contributed by atoms with Crippen LogP contribution in [0.15, 0.2) is 29.4 Å². The van der Waals surface area contributed by atoms with E-state index in [0.29, 0.717) is 17.4 Å². The highest BCUT2D eigenvalue weighted by Crippen LogP contribution is 2.31. The van der Waals surface area contributed by atoms with Gasteiger partial charge < -0.3 is 0 Å². The third kappa shape index (κ3) is 3.99. The lowest BCUT2D eigenvalue weighted by Gasteiger charge is -2.19. The van der Waals surface area contributed by atoms with Crippen LogP contribution in [-0.2, 0) is 11.2 Å². The van der Waals surface area contributed by atoms with Crippen LogP contribution >= 0.6 is 11.8 Å². The molecule has 1 aromatic carbocycles. The molecule has 0 N–H and O–H groups in total. The largest absolute Gasteiger partial charge is 0.298 e. The molecule has 1 aliphatic rings. The van der Waals surface area contributed by atoms with Crippen LogP contribution in [-0.4, -0.2) is 31.2 Å². The van der Waals surface area contributed by atoms with Gasteiger partial charge >= 0.3 is 0 Å². The lowest BCUT2D eigenvalue weighted by atomic mass is 9.99. The third-order valence-corrected chi connectivity index (χ3v) is 5.44. The van der Waals surface area contributed by atoms with E-state index in [-0.39, 0.29) is 5.25 Å². The number of tetrazole rings is 1. The molecule has 0 radical (unpaired) electrons. The summed E-state index contributed by atoms with van der Waals surface area (Å²) in [5.41, 5.74) is 2.28. The Morgan fingerprint density at radius 2 is 2.09 bits per heavy atom. The fraction of sp³-hybridized carbons (Fsp3) is 0.529. The fourth-order valence-corrected chi connectivity index (χ4v) is 3.92. The molecular weight excluding hydrogens is 308 g/mol. The van der Waals surface area contributed by atoms with Crippen LogP contribution in [0, 0.1) is 0 Å². The number of rotatable bonds is 6. The monoisotopic (exact) mass is 330 g/mol. The van der Waals surface area contributed by atoms with E-state index in [1.54, 1.807) is 4.68 Å². The maximum Gasteiger partial charge on any atom is 0.214 e. The van der Waals surface area contributed by atoms with Gasteiger partial charge in [-0.05, 0) is 53.8 Å². The Morgan fingerprint density at radius 1 is 1.26 bits per heavy atom. The average Bonchev–Trinajstić information content (AvgIpc) is 3.04. The highest BCUT2D eigenvalue weighted by atomic mass is 32.2. The number of unbranched alkanes of at least 4 members (excludes halogenated alkanes) is 1. The smallest absolute Gasteiger partial charge is 0.214 e. The molecule has 5 nitrogen and oxygen atoms in total. The van der Waals surface area contributed by atoms with Crippen molar-refractivity contribution >= 4 is 17.5 Å². The Balaban J connectivity index is 1.73. The molecule has 0 amide bonds. The average molecular weight is 330 g/mol. The van der Waals surface area contributed by atoms with E-state index < -0.39 is 0 Å². The van der Waals surface area contributed by atoms with E-state index in [0.717, 1.165) is 31.4 Å². The maximum atomic E-state index is 12.0. The van der Waals surface area contributed by atoms with Crippen LogP contribution in [0.4, 0.5) is 0 Å². The van der Waals surface area contributed by atoms with Gasteiger partial charge in [0.15, 0.2) is 0 Å². The number of ketones is 1. The highest BCUT2D eigenvalue weighted by Gasteiger charge is 2.25. The first-order valence-electron chi connectivity index (χ1n) is 8.35. The van der Waals surface area contributed by atoms with E-state index in [1.807, 2.05) is 12.1 Å². The molecule has 3 rings (SSSR count). The van der Waals surface area contributed by atoms with Crippen LogP contribution in [0.25, 0.3) is 5.69 Å². The molecule has 0 aliphatic heterocycles. The van der Waals surface area contributed by atoms with Crippen molar-refractivity contribution in [1.29, 1.82) is 0 Å². The number of carbonyl (C=O) groups is 1. The summed E-state index contributed by atoms with van der Waals surface area (Å²) in [5, 5.41) is 12.7. The van der Waals surface area contributed by atoms with Gasteiger partial charge in [0.1, 0.15) is 5.78 Å². The Labute approximate surface area is 140 Å². The second-order valence-corrected chi connectivity index (χ2v) is 7.13. The highest BCUT2D eigenvalue weighted by molar-refractivity contribution is 8.00. The van der Waals surface area contributed by atoms with Crippen LogP contribution in [0.2, 0.25) is 0 Å². The van der Waals surface area contributed by atoms with Crippen molar-refractivity contribution in [3.63, 3.8) is 0 Å². The van der Waals surface area contributed by atoms with E-state index in [4.69, 9.17) is 0 Å². The number of carbonyl (C=O) groups excluding carboxylic acids is 1. The van der Waals surface area contributed by atoms with Crippen molar-refractivity contribution < 1.29 is 4.79 Å². The number of aromatic nitrogens is 4. The van der Waals surface area contributed by atoms with Crippen molar-refractivity contribution in [2.45, 2.75) is 62.3 Å². The van der Waals surface area contributed by atoms with Crippen molar-refractivity contribution in [3.8, 4) is 5.69 Å². The van der Waals surface area contributed by atoms with E-state index in [1.165, 1.54) is 30.2 Å². The van der Waals surface area contributed by atoms with Crippen molar-refractivity contribution in [2.75, 3.05) is 0 Å². The topological polar surface area (TPSA) is 60.7 Å². The number of aryl methyl sites for hydroxylation is 1. The Morgan fingerprint density at radius 3 is 2.83 bits per heavy atom. The summed E-state index contributed by atoms with van der Waals surface area (Å²) in [6, 6.07) is 8.36. The number of thioether (sulfide) groups is 1. The zero-order valence-electron chi connectivity index (χ0n) is 13.4. The van der Waals surface area contributed by atoms with E-state index >= 15 is 0 Å². The van der Waals surface area contributed by atoms with E-state index in [2.05, 4.69) is 34.6 Å². The van der Waals surface area contributed by atoms with Gasteiger partial charge in [-0.1, -0.05) is 43.7 Å². The lowest BCUT2D eigenvalue weighted by molar-refractivity contribution is -0.119. The first-order chi connectivity index (χ1) is 11.3. The Bertz CT molecular complexity index is 653. The summed E-state index contributed by atoms with van der Waals surface area (Å²) in [6.07, 6.45) is 7.24. The minimum atomic E-state index is -0.00247. The predicted molar refractivity (Wildman–Crippen MR) is 90.9 cm³/mol. The molecule has 1 unspecified atom stereocenters. The molecule has 1 aromatic heterocycles. The van der Waals surface area contributed by atoms with Crippen molar-refractivity contribution in [3.05, 3.63) is 29.8 Å². The molecule has 1 heterocycles. The molecule has 0 bridgehead atoms. The first kappa shape index (κ1) is 16.2. The number of Topliss-reactive ketones (excluding diaryl/α,β-unsaturated/α-hetero) is 1. The Kier molecular flexibility index (Phi) is 5.43. The molecule has 0 spiro atoms. The van der Waals surface area contributed by atoms with Gasteiger partial charge in [0.2, 0.25) is 5.16 Å². The van der Waals surface area contributed by atoms with Crippen molar-refractivity contribution in [1.82, 2.24) is 20.2 Å². The summed E-state index contributed by atoms with van der Waals surface area (Å²) in [7, 11) is 0. The fourth-order valence-electron chi connectivity index (χ4n) is 2.80. The quantitative estimate of drug-likeness (QED) is 0.810. The molecule has 1 fully saturated rings. The van der Waals surface area contributed by atoms with Crippen LogP contribution in [0.1, 0.15) is 51.0 Å². The normalized spacial score (nSPS) is 18.3. The minimum absolute atomic E-state index is 0.00247. The Hall–Kier alpha value is -1.69. The zero-order chi connectivity index (χ0) is 16.1. The number of hydrogen-bond donors (Lipinski definition) is 0. The molecule has 2 aromatic rings. The molecule has 6 heteroatoms. The second-order valence-electron chi connectivity index (χ2n) is 5.96. The summed E-state index contributed by atoms with van der Waals surface area (Å²) in [6.45, 7) is 2.20. The maximum absolute atomic E-state index is 12.0. The van der Waals surface area contributed by atoms with Crippen molar-refractivity contribution in [2.24, 2.45) is 0 Å². The van der Waals surface area contributed by atoms with Gasteiger partial charge in [-0.2, -0.15) is 4.68 Å². The van der Waals surface area contributed by atoms with E-state index in [9.17, 15) is 4.79 Å². The van der Waals surface area contributed by atoms with Gasteiger partial charge in [-0.15, -0.1) is 5.10 Å². The van der Waals surface area contributed by atoms with Gasteiger partial charge in [-0.25, -0.2) is 0 Å². The van der Waals surface area contributed by atoms with Gasteiger partial charge in [0.25, 0.3) is 0 Å². The predicted octanol–water partition coefficient (Wildman–Crippen LogP) is 3.61. The first-order valence-corrected chi connectivity index (χ1v) is 9.23. The third-order valence-electron chi connectivity index (χ3n) is 4.19. The van der Waals surface area contributed by atoms with Crippen LogP contribution < -0.4 is 0 Å². The second kappa shape index (κ2) is 7.73. The molecular formula is C17H22N4OS. The molecule has 0 saturated heterocycles. The SMILES string of the molecule is CCCCc1ccc(-n2nnnc2SC2CCCCC2=O)cc1. The lowest BCUT2D eigenvalue weighted by Crippen LogP contribution is -2.21. The van der Waals surface area contributed by atoms with Gasteiger partial charge in [-0.3, -0.25) is 4.79 Å². The van der Waals surface area contributed by atoms with Gasteiger partial charge in [0.05, 0.1) is 10.9 Å². The number of benzene rings is 1. The summed E-state index contributed by atoms with van der Waals surface area (Å²) in [4.78, 5) is 12.0.